The summed E-state index contributed by atoms with van der Waals surface area (Å²) in [6, 6.07) is 8.46. The number of aliphatic hydroxyl groups excluding tert-OH is 2. The van der Waals surface area contributed by atoms with Gasteiger partial charge in [-0.05, 0) is 24.6 Å². The van der Waals surface area contributed by atoms with Gasteiger partial charge in [-0.3, -0.25) is 19.6 Å². The van der Waals surface area contributed by atoms with Crippen LogP contribution in [-0.2, 0) is 22.2 Å². The van der Waals surface area contributed by atoms with Gasteiger partial charge in [0.2, 0.25) is 0 Å². The molecule has 3 N–H and O–H groups in total. The van der Waals surface area contributed by atoms with Crippen molar-refractivity contribution >= 4 is 33.2 Å². The van der Waals surface area contributed by atoms with Crippen LogP contribution in [0.4, 0.5) is 11.4 Å². The van der Waals surface area contributed by atoms with Crippen molar-refractivity contribution in [2.45, 2.75) is 37.0 Å². The van der Waals surface area contributed by atoms with Crippen LogP contribution in [0.25, 0.3) is 5.69 Å². The van der Waals surface area contributed by atoms with E-state index >= 15 is 0 Å². The Morgan fingerprint density at radius 2 is 2.03 bits per heavy atom. The van der Waals surface area contributed by atoms with Crippen LogP contribution >= 0.6 is 11.8 Å². The normalized spacial score (nSPS) is 12.4. The lowest BCUT2D eigenvalue weighted by atomic mass is 10.2. The average molecular weight is 554 g/mol. The van der Waals surface area contributed by atoms with Crippen molar-refractivity contribution in [1.29, 1.82) is 0 Å². The Morgan fingerprint density at radius 1 is 1.30 bits per heavy atom. The highest BCUT2D eigenvalue weighted by atomic mass is 32.2. The summed E-state index contributed by atoms with van der Waals surface area (Å²) in [6.45, 7) is 3.09. The number of thioether (sulfide) groups is 1. The number of ether oxygens (including phenoxy) is 1. The van der Waals surface area contributed by atoms with Gasteiger partial charge in [0.25, 0.3) is 21.3 Å². The standard InChI is InChI=1S/C23H27N3O9S2/c1-4-20-17(13-36-12-16(28)11-27)23(29)25(35-20)18-9-21(34-3)22(10-19(18)26(30)31)37(32,33)24-15-7-5-6-14(2)8-15/h5-10,16,24,27-28H,4,11-13H2,1-3H3. The molecule has 1 aromatic heterocycles. The number of nitrogens with zero attached hydrogens (tertiary/aromatic N) is 2. The van der Waals surface area contributed by atoms with Crippen LogP contribution in [0.3, 0.4) is 0 Å². The van der Waals surface area contributed by atoms with Gasteiger partial charge in [0.05, 0.1) is 30.3 Å². The first-order valence-electron chi connectivity index (χ1n) is 11.1. The van der Waals surface area contributed by atoms with E-state index in [1.54, 1.807) is 32.0 Å². The molecule has 0 saturated heterocycles. The number of benzene rings is 2. The number of aromatic nitrogens is 1. The van der Waals surface area contributed by atoms with Crippen molar-refractivity contribution in [2.75, 3.05) is 24.2 Å². The van der Waals surface area contributed by atoms with E-state index in [0.29, 0.717) is 6.42 Å². The lowest BCUT2D eigenvalue weighted by Gasteiger charge is -2.13. The molecule has 0 bridgehead atoms. The Hall–Kier alpha value is -3.33. The van der Waals surface area contributed by atoms with Gasteiger partial charge in [-0.1, -0.05) is 19.1 Å². The smallest absolute Gasteiger partial charge is 0.298 e. The molecule has 1 heterocycles. The molecule has 0 fully saturated rings. The van der Waals surface area contributed by atoms with Crippen LogP contribution in [0, 0.1) is 17.0 Å². The maximum absolute atomic E-state index is 13.2. The molecule has 14 heteroatoms. The SMILES string of the molecule is CCc1on(-c2cc(OC)c(S(=O)(=O)Nc3cccc(C)c3)cc2[N+](=O)[O-])c(=O)c1CSCC(O)CO. The number of sulfonamides is 1. The molecule has 0 aliphatic carbocycles. The van der Waals surface area contributed by atoms with Crippen LogP contribution in [0.5, 0.6) is 5.75 Å². The van der Waals surface area contributed by atoms with E-state index in [4.69, 9.17) is 14.4 Å². The third-order valence-corrected chi connectivity index (χ3v) is 7.82. The molecule has 200 valence electrons. The third-order valence-electron chi connectivity index (χ3n) is 5.31. The number of nitro groups is 1. The van der Waals surface area contributed by atoms with Gasteiger partial charge in [-0.2, -0.15) is 11.8 Å². The number of nitrogens with one attached hydrogen (secondary N) is 1. The molecule has 1 unspecified atom stereocenters. The van der Waals surface area contributed by atoms with Crippen LogP contribution in [-0.4, -0.2) is 53.9 Å². The minimum absolute atomic E-state index is 0.132. The van der Waals surface area contributed by atoms with Crippen molar-refractivity contribution < 1.29 is 32.8 Å². The molecule has 0 aliphatic heterocycles. The van der Waals surface area contributed by atoms with Crippen molar-refractivity contribution in [1.82, 2.24) is 4.74 Å². The third kappa shape index (κ3) is 6.33. The first-order valence-corrected chi connectivity index (χ1v) is 13.7. The summed E-state index contributed by atoms with van der Waals surface area (Å²) < 4.78 is 40.3. The van der Waals surface area contributed by atoms with Gasteiger partial charge in [0.1, 0.15) is 16.4 Å². The first-order chi connectivity index (χ1) is 17.5. The molecule has 0 radical (unpaired) electrons. The highest BCUT2D eigenvalue weighted by Crippen LogP contribution is 2.35. The molecule has 3 rings (SSSR count). The second kappa shape index (κ2) is 11.8. The molecule has 0 spiro atoms. The Bertz CT molecular complexity index is 1450. The van der Waals surface area contributed by atoms with Gasteiger partial charge < -0.3 is 19.5 Å². The second-order valence-electron chi connectivity index (χ2n) is 8.02. The molecular formula is C23H27N3O9S2. The zero-order valence-electron chi connectivity index (χ0n) is 20.3. The molecule has 3 aromatic rings. The monoisotopic (exact) mass is 553 g/mol. The van der Waals surface area contributed by atoms with E-state index in [0.717, 1.165) is 22.4 Å². The van der Waals surface area contributed by atoms with Crippen LogP contribution in [0.15, 0.2) is 50.6 Å². The van der Waals surface area contributed by atoms with Crippen LogP contribution < -0.4 is 15.0 Å². The molecule has 0 saturated carbocycles. The maximum Gasteiger partial charge on any atom is 0.298 e. The Balaban J connectivity index is 2.10. The van der Waals surface area contributed by atoms with Crippen molar-refractivity contribution in [3.8, 4) is 11.4 Å². The summed E-state index contributed by atoms with van der Waals surface area (Å²) in [5, 5.41) is 30.5. The lowest BCUT2D eigenvalue weighted by Crippen LogP contribution is -2.19. The van der Waals surface area contributed by atoms with Gasteiger partial charge in [0, 0.05) is 35.7 Å². The van der Waals surface area contributed by atoms with E-state index in [2.05, 4.69) is 4.72 Å². The summed E-state index contributed by atoms with van der Waals surface area (Å²) in [5.74, 6) is 0.345. The van der Waals surface area contributed by atoms with Gasteiger partial charge in [-0.25, -0.2) is 8.42 Å². The fourth-order valence-corrected chi connectivity index (χ4v) is 5.72. The zero-order chi connectivity index (χ0) is 27.3. The van der Waals surface area contributed by atoms with Crippen LogP contribution in [0.1, 0.15) is 23.8 Å². The number of hydrogen-bond donors (Lipinski definition) is 3. The number of aryl methyl sites for hydroxylation is 2. The topological polar surface area (TPSA) is 174 Å². The quantitative estimate of drug-likeness (QED) is 0.223. The Labute approximate surface area is 217 Å². The fraction of sp³-hybridized carbons (Fsp3) is 0.348. The minimum Gasteiger partial charge on any atom is -0.495 e. The predicted octanol–water partition coefficient (Wildman–Crippen LogP) is 2.61. The number of aliphatic hydroxyl groups is 2. The van der Waals surface area contributed by atoms with Crippen LogP contribution in [0.2, 0.25) is 0 Å². The number of anilines is 1. The Kier molecular flexibility index (Phi) is 9.02. The summed E-state index contributed by atoms with van der Waals surface area (Å²) in [6.07, 6.45) is -0.657. The highest BCUT2D eigenvalue weighted by Gasteiger charge is 2.30. The highest BCUT2D eigenvalue weighted by molar-refractivity contribution is 7.98. The minimum atomic E-state index is -4.31. The van der Waals surface area contributed by atoms with Crippen molar-refractivity contribution in [3.05, 3.63) is 73.8 Å². The molecular weight excluding hydrogens is 526 g/mol. The number of rotatable bonds is 12. The second-order valence-corrected chi connectivity index (χ2v) is 10.7. The van der Waals surface area contributed by atoms with E-state index in [1.165, 1.54) is 24.9 Å². The predicted molar refractivity (Wildman–Crippen MR) is 138 cm³/mol. The van der Waals surface area contributed by atoms with E-state index < -0.39 is 43.8 Å². The Morgan fingerprint density at radius 3 is 2.62 bits per heavy atom. The average Bonchev–Trinajstić information content (AvgIpc) is 3.17. The van der Waals surface area contributed by atoms with Gasteiger partial charge in [0.15, 0.2) is 5.69 Å². The molecule has 0 amide bonds. The lowest BCUT2D eigenvalue weighted by molar-refractivity contribution is -0.385. The van der Waals surface area contributed by atoms with Crippen molar-refractivity contribution in [3.63, 3.8) is 0 Å². The molecule has 12 nitrogen and oxygen atoms in total. The molecule has 37 heavy (non-hydrogen) atoms. The summed E-state index contributed by atoms with van der Waals surface area (Å²) in [4.78, 5) is 23.8. The van der Waals surface area contributed by atoms with Gasteiger partial charge >= 0.3 is 0 Å². The molecule has 1 atom stereocenters. The zero-order valence-corrected chi connectivity index (χ0v) is 22.0. The summed E-state index contributed by atoms with van der Waals surface area (Å²) in [5.41, 5.74) is -0.346. The fourth-order valence-electron chi connectivity index (χ4n) is 3.51. The van der Waals surface area contributed by atoms with E-state index in [1.807, 2.05) is 0 Å². The molecule has 0 aliphatic rings. The summed E-state index contributed by atoms with van der Waals surface area (Å²) in [7, 11) is -3.11. The number of nitro benzene ring substituents is 1. The maximum atomic E-state index is 13.2. The first kappa shape index (κ1) is 28.2. The van der Waals surface area contributed by atoms with Gasteiger partial charge in [-0.15, -0.1) is 4.74 Å². The number of methoxy groups -OCH3 is 1. The van der Waals surface area contributed by atoms with E-state index in [-0.39, 0.29) is 40.0 Å². The largest absolute Gasteiger partial charge is 0.495 e. The van der Waals surface area contributed by atoms with Crippen molar-refractivity contribution in [2.24, 2.45) is 0 Å². The number of hydrogen-bond acceptors (Lipinski definition) is 10. The molecule has 2 aromatic carbocycles. The van der Waals surface area contributed by atoms with E-state index in [9.17, 15) is 28.4 Å². The summed E-state index contributed by atoms with van der Waals surface area (Å²) >= 11 is 1.19.